The number of hydrogen-bond donors (Lipinski definition) is 1. The molecular weight excluding hydrogens is 248 g/mol. The van der Waals surface area contributed by atoms with E-state index in [1.54, 1.807) is 11.3 Å². The van der Waals surface area contributed by atoms with Crippen LogP contribution in [0.25, 0.3) is 0 Å². The van der Waals surface area contributed by atoms with Gasteiger partial charge in [-0.1, -0.05) is 12.1 Å². The molecule has 1 aliphatic heterocycles. The van der Waals surface area contributed by atoms with Crippen molar-refractivity contribution in [2.45, 2.75) is 12.5 Å². The third kappa shape index (κ3) is 2.21. The number of aliphatic hydroxyl groups is 1. The summed E-state index contributed by atoms with van der Waals surface area (Å²) in [5.74, 6) is 1.41. The summed E-state index contributed by atoms with van der Waals surface area (Å²) in [6.07, 6.45) is 0.0415. The second-order valence-corrected chi connectivity index (χ2v) is 5.00. The van der Waals surface area contributed by atoms with E-state index >= 15 is 0 Å². The van der Waals surface area contributed by atoms with Gasteiger partial charge in [0.2, 0.25) is 0 Å². The molecule has 0 bridgehead atoms. The monoisotopic (exact) mass is 262 g/mol. The van der Waals surface area contributed by atoms with Crippen molar-refractivity contribution in [3.63, 3.8) is 0 Å². The summed E-state index contributed by atoms with van der Waals surface area (Å²) in [6, 6.07) is 7.68. The molecule has 1 N–H and O–H groups in total. The van der Waals surface area contributed by atoms with Gasteiger partial charge in [0.15, 0.2) is 11.5 Å². The highest BCUT2D eigenvalue weighted by Gasteiger charge is 2.20. The van der Waals surface area contributed by atoms with E-state index in [2.05, 4.69) is 5.38 Å². The van der Waals surface area contributed by atoms with Crippen LogP contribution in [-0.2, 0) is 6.42 Å². The minimum atomic E-state index is -0.559. The number of para-hydroxylation sites is 1. The Balaban J connectivity index is 1.87. The van der Waals surface area contributed by atoms with Gasteiger partial charge in [-0.2, -0.15) is 11.3 Å². The first-order valence-electron chi connectivity index (χ1n) is 5.92. The van der Waals surface area contributed by atoms with Crippen LogP contribution in [0.2, 0.25) is 0 Å². The molecule has 0 saturated carbocycles. The number of thiophene rings is 1. The fourth-order valence-electron chi connectivity index (χ4n) is 2.10. The van der Waals surface area contributed by atoms with Gasteiger partial charge in [0, 0.05) is 12.0 Å². The molecule has 1 aromatic carbocycles. The predicted molar refractivity (Wildman–Crippen MR) is 70.4 cm³/mol. The van der Waals surface area contributed by atoms with Crippen molar-refractivity contribution in [2.75, 3.05) is 13.2 Å². The van der Waals surface area contributed by atoms with Gasteiger partial charge in [-0.3, -0.25) is 0 Å². The Kier molecular flexibility index (Phi) is 3.21. The van der Waals surface area contributed by atoms with Crippen molar-refractivity contribution in [2.24, 2.45) is 0 Å². The summed E-state index contributed by atoms with van der Waals surface area (Å²) in [5, 5.41) is 14.4. The van der Waals surface area contributed by atoms with Gasteiger partial charge in [-0.25, -0.2) is 0 Å². The minimum absolute atomic E-state index is 0.537. The predicted octanol–water partition coefficient (Wildman–Crippen LogP) is 2.80. The van der Waals surface area contributed by atoms with Crippen LogP contribution in [0.4, 0.5) is 0 Å². The molecule has 94 valence electrons. The number of hydrogen-bond acceptors (Lipinski definition) is 4. The fourth-order valence-corrected chi connectivity index (χ4v) is 2.78. The van der Waals surface area contributed by atoms with Crippen LogP contribution in [0.5, 0.6) is 11.5 Å². The van der Waals surface area contributed by atoms with Crippen molar-refractivity contribution < 1.29 is 14.6 Å². The summed E-state index contributed by atoms with van der Waals surface area (Å²) >= 11 is 1.64. The Morgan fingerprint density at radius 2 is 2.11 bits per heavy atom. The average molecular weight is 262 g/mol. The van der Waals surface area contributed by atoms with Crippen molar-refractivity contribution in [3.05, 3.63) is 46.2 Å². The summed E-state index contributed by atoms with van der Waals surface area (Å²) in [6.45, 7) is 1.10. The molecule has 0 aliphatic carbocycles. The topological polar surface area (TPSA) is 38.7 Å². The molecule has 1 aliphatic rings. The summed E-state index contributed by atoms with van der Waals surface area (Å²) in [7, 11) is 0. The van der Waals surface area contributed by atoms with E-state index in [4.69, 9.17) is 9.47 Å². The van der Waals surface area contributed by atoms with Gasteiger partial charge in [-0.15, -0.1) is 0 Å². The lowest BCUT2D eigenvalue weighted by atomic mass is 10.0. The lowest BCUT2D eigenvalue weighted by Crippen LogP contribution is -2.17. The number of benzene rings is 1. The second kappa shape index (κ2) is 5.00. The molecule has 1 atom stereocenters. The highest BCUT2D eigenvalue weighted by molar-refractivity contribution is 7.07. The van der Waals surface area contributed by atoms with Crippen LogP contribution in [0.3, 0.4) is 0 Å². The lowest BCUT2D eigenvalue weighted by Gasteiger charge is -2.23. The Hall–Kier alpha value is -1.52. The quantitative estimate of drug-likeness (QED) is 0.924. The van der Waals surface area contributed by atoms with E-state index in [0.29, 0.717) is 25.4 Å². The Bertz CT molecular complexity index is 522. The Morgan fingerprint density at radius 1 is 1.22 bits per heavy atom. The smallest absolute Gasteiger partial charge is 0.167 e. The first-order valence-corrected chi connectivity index (χ1v) is 6.86. The van der Waals surface area contributed by atoms with E-state index in [-0.39, 0.29) is 0 Å². The van der Waals surface area contributed by atoms with Gasteiger partial charge in [-0.05, 0) is 28.5 Å². The number of ether oxygens (including phenoxy) is 2. The van der Waals surface area contributed by atoms with E-state index in [1.165, 1.54) is 0 Å². The third-order valence-electron chi connectivity index (χ3n) is 2.96. The molecule has 4 heteroatoms. The highest BCUT2D eigenvalue weighted by atomic mass is 32.1. The molecule has 3 rings (SSSR count). The molecular formula is C14H14O3S. The highest BCUT2D eigenvalue weighted by Crippen LogP contribution is 2.37. The SMILES string of the molecule is OC(Cc1ccsc1)c1cccc2c1OCCO2. The molecule has 18 heavy (non-hydrogen) atoms. The number of aliphatic hydroxyl groups excluding tert-OH is 1. The van der Waals surface area contributed by atoms with Crippen LogP contribution in [0.15, 0.2) is 35.0 Å². The summed E-state index contributed by atoms with van der Waals surface area (Å²) < 4.78 is 11.1. The van der Waals surface area contributed by atoms with Crippen molar-refractivity contribution >= 4 is 11.3 Å². The maximum atomic E-state index is 10.3. The van der Waals surface area contributed by atoms with Gasteiger partial charge in [0.25, 0.3) is 0 Å². The maximum absolute atomic E-state index is 10.3. The second-order valence-electron chi connectivity index (χ2n) is 4.22. The van der Waals surface area contributed by atoms with E-state index in [9.17, 15) is 5.11 Å². The van der Waals surface area contributed by atoms with Gasteiger partial charge >= 0.3 is 0 Å². The first-order chi connectivity index (χ1) is 8.84. The molecule has 2 aromatic rings. The summed E-state index contributed by atoms with van der Waals surface area (Å²) in [5.41, 5.74) is 1.94. The van der Waals surface area contributed by atoms with Crippen LogP contribution in [0.1, 0.15) is 17.2 Å². The number of rotatable bonds is 3. The molecule has 0 amide bonds. The van der Waals surface area contributed by atoms with Crippen molar-refractivity contribution in [3.8, 4) is 11.5 Å². The third-order valence-corrected chi connectivity index (χ3v) is 3.70. The largest absolute Gasteiger partial charge is 0.486 e. The van der Waals surface area contributed by atoms with Gasteiger partial charge < -0.3 is 14.6 Å². The Labute approximate surface area is 110 Å². The van der Waals surface area contributed by atoms with E-state index in [0.717, 1.165) is 16.9 Å². The van der Waals surface area contributed by atoms with Crippen LogP contribution >= 0.6 is 11.3 Å². The van der Waals surface area contributed by atoms with Crippen molar-refractivity contribution in [1.29, 1.82) is 0 Å². The zero-order valence-electron chi connectivity index (χ0n) is 9.83. The molecule has 0 saturated heterocycles. The van der Waals surface area contributed by atoms with E-state index < -0.39 is 6.10 Å². The average Bonchev–Trinajstić information content (AvgIpc) is 2.91. The normalized spacial score (nSPS) is 15.4. The van der Waals surface area contributed by atoms with Crippen LogP contribution in [0, 0.1) is 0 Å². The zero-order chi connectivity index (χ0) is 12.4. The molecule has 0 radical (unpaired) electrons. The van der Waals surface area contributed by atoms with Crippen molar-refractivity contribution in [1.82, 2.24) is 0 Å². The van der Waals surface area contributed by atoms with Gasteiger partial charge in [0.05, 0.1) is 6.10 Å². The van der Waals surface area contributed by atoms with Gasteiger partial charge in [0.1, 0.15) is 13.2 Å². The molecule has 0 spiro atoms. The van der Waals surface area contributed by atoms with E-state index in [1.807, 2.05) is 29.6 Å². The molecule has 1 aromatic heterocycles. The maximum Gasteiger partial charge on any atom is 0.167 e. The zero-order valence-corrected chi connectivity index (χ0v) is 10.7. The molecule has 3 nitrogen and oxygen atoms in total. The standard InChI is InChI=1S/C14H14O3S/c15-12(8-10-4-7-18-9-10)11-2-1-3-13-14(11)17-6-5-16-13/h1-4,7,9,12,15H,5-6,8H2. The first kappa shape index (κ1) is 11.6. The van der Waals surface area contributed by atoms with Crippen LogP contribution < -0.4 is 9.47 Å². The molecule has 2 heterocycles. The van der Waals surface area contributed by atoms with Crippen LogP contribution in [-0.4, -0.2) is 18.3 Å². The fraction of sp³-hybridized carbons (Fsp3) is 0.286. The minimum Gasteiger partial charge on any atom is -0.486 e. The molecule has 0 fully saturated rings. The lowest BCUT2D eigenvalue weighted by molar-refractivity contribution is 0.146. The Morgan fingerprint density at radius 3 is 2.94 bits per heavy atom. The summed E-state index contributed by atoms with van der Waals surface area (Å²) in [4.78, 5) is 0. The molecule has 1 unspecified atom stereocenters. The number of fused-ring (bicyclic) bond motifs is 1.